The number of sulfonamides is 1. The molecule has 24 heavy (non-hydrogen) atoms. The summed E-state index contributed by atoms with van der Waals surface area (Å²) in [5.41, 5.74) is 0.332. The van der Waals surface area contributed by atoms with Gasteiger partial charge in [0.1, 0.15) is 0 Å². The zero-order valence-corrected chi connectivity index (χ0v) is 16.5. The molecule has 0 aromatic heterocycles. The molecule has 0 unspecified atom stereocenters. The predicted molar refractivity (Wildman–Crippen MR) is 97.1 cm³/mol. The summed E-state index contributed by atoms with van der Waals surface area (Å²) in [6.45, 7) is 9.59. The molecule has 0 aromatic rings. The molecule has 2 aliphatic rings. The lowest BCUT2D eigenvalue weighted by molar-refractivity contribution is -0.127. The van der Waals surface area contributed by atoms with Crippen LogP contribution in [-0.2, 0) is 14.8 Å². The van der Waals surface area contributed by atoms with E-state index in [4.69, 9.17) is 0 Å². The van der Waals surface area contributed by atoms with Crippen molar-refractivity contribution >= 4 is 15.9 Å². The van der Waals surface area contributed by atoms with Crippen molar-refractivity contribution in [3.05, 3.63) is 0 Å². The van der Waals surface area contributed by atoms with Gasteiger partial charge in [0, 0.05) is 25.0 Å². The van der Waals surface area contributed by atoms with Crippen LogP contribution in [0.2, 0.25) is 0 Å². The highest BCUT2D eigenvalue weighted by atomic mass is 32.2. The molecule has 0 bridgehead atoms. The summed E-state index contributed by atoms with van der Waals surface area (Å²) in [6.07, 6.45) is 5.68. The Hall–Kier alpha value is -0.620. The third kappa shape index (κ3) is 4.94. The van der Waals surface area contributed by atoms with E-state index < -0.39 is 10.0 Å². The van der Waals surface area contributed by atoms with Gasteiger partial charge in [-0.25, -0.2) is 12.7 Å². The fourth-order valence-corrected chi connectivity index (χ4v) is 5.13. The van der Waals surface area contributed by atoms with Gasteiger partial charge in [0.15, 0.2) is 0 Å². The van der Waals surface area contributed by atoms with Crippen molar-refractivity contribution in [1.82, 2.24) is 9.62 Å². The molecule has 1 aliphatic heterocycles. The van der Waals surface area contributed by atoms with Crippen LogP contribution < -0.4 is 5.32 Å². The Morgan fingerprint density at radius 3 is 2.04 bits per heavy atom. The average molecular weight is 359 g/mol. The lowest BCUT2D eigenvalue weighted by Crippen LogP contribution is -2.48. The van der Waals surface area contributed by atoms with E-state index in [9.17, 15) is 13.2 Å². The first-order valence-corrected chi connectivity index (χ1v) is 11.0. The van der Waals surface area contributed by atoms with Crippen LogP contribution in [0.1, 0.15) is 66.2 Å². The number of carbonyl (C=O) groups excluding carboxylic acids is 1. The molecule has 2 rings (SSSR count). The van der Waals surface area contributed by atoms with Crippen LogP contribution in [0.4, 0.5) is 0 Å². The first-order chi connectivity index (χ1) is 11.1. The molecular weight excluding hydrogens is 324 g/mol. The Bertz CT molecular complexity index is 523. The molecule has 140 valence electrons. The van der Waals surface area contributed by atoms with Crippen molar-refractivity contribution in [3.8, 4) is 0 Å². The summed E-state index contributed by atoms with van der Waals surface area (Å²) in [7, 11) is -3.09. The van der Waals surface area contributed by atoms with Gasteiger partial charge in [-0.15, -0.1) is 0 Å². The molecule has 1 amide bonds. The Kier molecular flexibility index (Phi) is 6.35. The van der Waals surface area contributed by atoms with E-state index in [0.717, 1.165) is 38.5 Å². The van der Waals surface area contributed by atoms with Crippen LogP contribution in [0.5, 0.6) is 0 Å². The quantitative estimate of drug-likeness (QED) is 0.840. The number of amides is 1. The van der Waals surface area contributed by atoms with E-state index in [1.165, 1.54) is 0 Å². The number of carbonyl (C=O) groups is 1. The van der Waals surface area contributed by atoms with Gasteiger partial charge in [-0.3, -0.25) is 4.79 Å². The second-order valence-corrected chi connectivity index (χ2v) is 10.8. The van der Waals surface area contributed by atoms with Crippen molar-refractivity contribution < 1.29 is 13.2 Å². The summed E-state index contributed by atoms with van der Waals surface area (Å²) >= 11 is 0. The van der Waals surface area contributed by atoms with Gasteiger partial charge in [-0.2, -0.15) is 0 Å². The van der Waals surface area contributed by atoms with Gasteiger partial charge in [0.25, 0.3) is 0 Å². The molecule has 1 heterocycles. The van der Waals surface area contributed by atoms with Crippen molar-refractivity contribution in [1.29, 1.82) is 0 Å². The summed E-state index contributed by atoms with van der Waals surface area (Å²) in [5.74, 6) is 1.19. The second kappa shape index (κ2) is 7.73. The first kappa shape index (κ1) is 19.7. The maximum Gasteiger partial charge on any atom is 0.223 e. The van der Waals surface area contributed by atoms with Crippen molar-refractivity contribution in [3.63, 3.8) is 0 Å². The Balaban J connectivity index is 1.77. The number of nitrogens with zero attached hydrogens (tertiary/aromatic N) is 1. The maximum absolute atomic E-state index is 12.5. The standard InChI is InChI=1S/C18H34N2O3S/c1-5-24(22,23)20-12-10-16(11-13-20)19-17(21)14-6-8-15(9-7-14)18(2,3)4/h14-16H,5-13H2,1-4H3,(H,19,21). The Labute approximate surface area is 147 Å². The molecule has 1 N–H and O–H groups in total. The zero-order chi connectivity index (χ0) is 18.0. The molecule has 5 nitrogen and oxygen atoms in total. The van der Waals surface area contributed by atoms with Crippen LogP contribution in [0, 0.1) is 17.3 Å². The Morgan fingerprint density at radius 1 is 1.04 bits per heavy atom. The summed E-state index contributed by atoms with van der Waals surface area (Å²) in [5, 5.41) is 3.17. The number of nitrogens with one attached hydrogen (secondary N) is 1. The van der Waals surface area contributed by atoms with Gasteiger partial charge < -0.3 is 5.32 Å². The van der Waals surface area contributed by atoms with Gasteiger partial charge >= 0.3 is 0 Å². The minimum atomic E-state index is -3.09. The third-order valence-electron chi connectivity index (χ3n) is 5.88. The number of piperidine rings is 1. The molecule has 1 saturated heterocycles. The van der Waals surface area contributed by atoms with E-state index in [-0.39, 0.29) is 23.6 Å². The fourth-order valence-electron chi connectivity index (χ4n) is 4.00. The highest BCUT2D eigenvalue weighted by molar-refractivity contribution is 7.89. The Morgan fingerprint density at radius 2 is 1.58 bits per heavy atom. The fraction of sp³-hybridized carbons (Fsp3) is 0.944. The van der Waals surface area contributed by atoms with Gasteiger partial charge in [0.05, 0.1) is 5.75 Å². The molecular formula is C18H34N2O3S. The zero-order valence-electron chi connectivity index (χ0n) is 15.7. The van der Waals surface area contributed by atoms with E-state index in [0.29, 0.717) is 24.4 Å². The van der Waals surface area contributed by atoms with Crippen molar-refractivity contribution in [2.24, 2.45) is 17.3 Å². The average Bonchev–Trinajstić information content (AvgIpc) is 2.54. The summed E-state index contributed by atoms with van der Waals surface area (Å²) in [4.78, 5) is 12.5. The van der Waals surface area contributed by atoms with Crippen molar-refractivity contribution in [2.75, 3.05) is 18.8 Å². The smallest absolute Gasteiger partial charge is 0.223 e. The molecule has 2 fully saturated rings. The molecule has 0 atom stereocenters. The van der Waals surface area contributed by atoms with Gasteiger partial charge in [-0.1, -0.05) is 20.8 Å². The maximum atomic E-state index is 12.5. The molecule has 0 radical (unpaired) electrons. The van der Waals surface area contributed by atoms with Crippen LogP contribution in [-0.4, -0.2) is 43.5 Å². The monoisotopic (exact) mass is 358 g/mol. The minimum absolute atomic E-state index is 0.126. The van der Waals surface area contributed by atoms with Crippen LogP contribution in [0.15, 0.2) is 0 Å². The molecule has 1 saturated carbocycles. The topological polar surface area (TPSA) is 66.5 Å². The highest BCUT2D eigenvalue weighted by Gasteiger charge is 2.34. The van der Waals surface area contributed by atoms with Gasteiger partial charge in [0.2, 0.25) is 15.9 Å². The lowest BCUT2D eigenvalue weighted by atomic mass is 9.69. The van der Waals surface area contributed by atoms with Crippen LogP contribution in [0.25, 0.3) is 0 Å². The van der Waals surface area contributed by atoms with Gasteiger partial charge in [-0.05, 0) is 56.8 Å². The normalized spacial score (nSPS) is 27.8. The number of hydrogen-bond acceptors (Lipinski definition) is 3. The molecule has 6 heteroatoms. The summed E-state index contributed by atoms with van der Waals surface area (Å²) < 4.78 is 25.3. The molecule has 0 spiro atoms. The minimum Gasteiger partial charge on any atom is -0.353 e. The molecule has 1 aliphatic carbocycles. The van der Waals surface area contributed by atoms with Crippen LogP contribution >= 0.6 is 0 Å². The second-order valence-electron chi connectivity index (χ2n) is 8.50. The van der Waals surface area contributed by atoms with Crippen molar-refractivity contribution in [2.45, 2.75) is 72.3 Å². The van der Waals surface area contributed by atoms with E-state index >= 15 is 0 Å². The predicted octanol–water partition coefficient (Wildman–Crippen LogP) is 2.77. The summed E-state index contributed by atoms with van der Waals surface area (Å²) in [6, 6.07) is 0.126. The SMILES string of the molecule is CCS(=O)(=O)N1CCC(NC(=O)C2CCC(C(C)(C)C)CC2)CC1. The largest absolute Gasteiger partial charge is 0.353 e. The van der Waals surface area contributed by atoms with E-state index in [2.05, 4.69) is 26.1 Å². The lowest BCUT2D eigenvalue weighted by Gasteiger charge is -2.37. The van der Waals surface area contributed by atoms with Crippen LogP contribution in [0.3, 0.4) is 0 Å². The highest BCUT2D eigenvalue weighted by Crippen LogP contribution is 2.39. The molecule has 0 aromatic carbocycles. The number of hydrogen-bond donors (Lipinski definition) is 1. The first-order valence-electron chi connectivity index (χ1n) is 9.41. The van der Waals surface area contributed by atoms with E-state index in [1.54, 1.807) is 11.2 Å². The third-order valence-corrected chi connectivity index (χ3v) is 7.76. The number of rotatable bonds is 4. The van der Waals surface area contributed by atoms with E-state index in [1.807, 2.05) is 0 Å².